The van der Waals surface area contributed by atoms with Crippen LogP contribution in [0.5, 0.6) is 0 Å². The van der Waals surface area contributed by atoms with E-state index in [9.17, 15) is 0 Å². The minimum atomic E-state index is 0.363. The number of hydrogen-bond acceptors (Lipinski definition) is 4. The molecule has 0 aromatic carbocycles. The Balaban J connectivity index is 1.68. The molecule has 1 aliphatic heterocycles. The molecule has 0 unspecified atom stereocenters. The molecule has 0 aliphatic carbocycles. The summed E-state index contributed by atoms with van der Waals surface area (Å²) in [6.07, 6.45) is 6.58. The summed E-state index contributed by atoms with van der Waals surface area (Å²) in [4.78, 5) is 7.03. The van der Waals surface area contributed by atoms with Crippen LogP contribution in [0.15, 0.2) is 12.3 Å². The zero-order valence-corrected chi connectivity index (χ0v) is 12.2. The zero-order valence-electron chi connectivity index (χ0n) is 12.2. The SMILES string of the molecule is Cc1nc([C@@H]2CCCCN2CCc2ccnn2C)n[nH]1. The van der Waals surface area contributed by atoms with Crippen molar-refractivity contribution < 1.29 is 0 Å². The Morgan fingerprint density at radius 3 is 3.00 bits per heavy atom. The predicted octanol–water partition coefficient (Wildman–Crippen LogP) is 1.62. The highest BCUT2D eigenvalue weighted by Crippen LogP contribution is 2.28. The number of rotatable bonds is 4. The van der Waals surface area contributed by atoms with E-state index < -0.39 is 0 Å². The van der Waals surface area contributed by atoms with E-state index in [2.05, 4.69) is 31.2 Å². The summed E-state index contributed by atoms with van der Waals surface area (Å²) in [5, 5.41) is 11.5. The number of nitrogens with zero attached hydrogens (tertiary/aromatic N) is 5. The molecule has 1 aliphatic rings. The monoisotopic (exact) mass is 274 g/mol. The Morgan fingerprint density at radius 1 is 1.40 bits per heavy atom. The molecule has 1 atom stereocenters. The molecule has 20 heavy (non-hydrogen) atoms. The van der Waals surface area contributed by atoms with Crippen LogP contribution in [0.4, 0.5) is 0 Å². The summed E-state index contributed by atoms with van der Waals surface area (Å²) in [6, 6.07) is 2.46. The third kappa shape index (κ3) is 2.75. The van der Waals surface area contributed by atoms with Gasteiger partial charge in [-0.15, -0.1) is 0 Å². The van der Waals surface area contributed by atoms with Crippen LogP contribution in [-0.4, -0.2) is 43.0 Å². The molecule has 108 valence electrons. The van der Waals surface area contributed by atoms with Crippen molar-refractivity contribution in [3.05, 3.63) is 29.6 Å². The van der Waals surface area contributed by atoms with Gasteiger partial charge in [0.15, 0.2) is 5.82 Å². The van der Waals surface area contributed by atoms with Crippen LogP contribution in [-0.2, 0) is 13.5 Å². The number of hydrogen-bond donors (Lipinski definition) is 1. The molecule has 6 nitrogen and oxygen atoms in total. The van der Waals surface area contributed by atoms with Gasteiger partial charge in [-0.05, 0) is 32.4 Å². The summed E-state index contributed by atoms with van der Waals surface area (Å²) in [5.74, 6) is 1.85. The average molecular weight is 274 g/mol. The fourth-order valence-corrected chi connectivity index (χ4v) is 2.96. The molecule has 6 heteroatoms. The summed E-state index contributed by atoms with van der Waals surface area (Å²) in [7, 11) is 2.00. The molecule has 0 saturated carbocycles. The zero-order chi connectivity index (χ0) is 13.9. The molecule has 2 aromatic heterocycles. The quantitative estimate of drug-likeness (QED) is 0.920. The molecule has 1 saturated heterocycles. The van der Waals surface area contributed by atoms with E-state index >= 15 is 0 Å². The Kier molecular flexibility index (Phi) is 3.82. The molecule has 1 fully saturated rings. The lowest BCUT2D eigenvalue weighted by molar-refractivity contribution is 0.143. The Hall–Kier alpha value is -1.69. The minimum absolute atomic E-state index is 0.363. The number of aryl methyl sites for hydroxylation is 2. The number of H-pyrrole nitrogens is 1. The standard InChI is InChI=1S/C14H22N6/c1-11-16-14(18-17-11)13-5-3-4-9-20(13)10-7-12-6-8-15-19(12)2/h6,8,13H,3-5,7,9-10H2,1-2H3,(H,16,17,18)/t13-/m0/s1. The highest BCUT2D eigenvalue weighted by atomic mass is 15.3. The number of nitrogens with one attached hydrogen (secondary N) is 1. The van der Waals surface area contributed by atoms with Crippen LogP contribution in [0.1, 0.15) is 42.6 Å². The van der Waals surface area contributed by atoms with Crippen molar-refractivity contribution in [2.45, 2.75) is 38.6 Å². The fourth-order valence-electron chi connectivity index (χ4n) is 2.96. The average Bonchev–Trinajstić information content (AvgIpc) is 3.06. The van der Waals surface area contributed by atoms with Crippen LogP contribution in [0.3, 0.4) is 0 Å². The molecule has 0 radical (unpaired) electrons. The lowest BCUT2D eigenvalue weighted by Gasteiger charge is -2.33. The molecule has 0 amide bonds. The highest BCUT2D eigenvalue weighted by Gasteiger charge is 2.26. The van der Waals surface area contributed by atoms with Crippen molar-refractivity contribution in [1.82, 2.24) is 29.9 Å². The van der Waals surface area contributed by atoms with Gasteiger partial charge in [-0.3, -0.25) is 14.7 Å². The number of likely N-dealkylation sites (tertiary alicyclic amines) is 1. The first-order valence-electron chi connectivity index (χ1n) is 7.34. The number of aromatic amines is 1. The van der Waals surface area contributed by atoms with Gasteiger partial charge in [0.05, 0.1) is 6.04 Å². The van der Waals surface area contributed by atoms with Crippen molar-refractivity contribution in [2.24, 2.45) is 7.05 Å². The molecule has 2 aromatic rings. The molecular weight excluding hydrogens is 252 g/mol. The molecule has 0 spiro atoms. The van der Waals surface area contributed by atoms with Crippen molar-refractivity contribution in [3.8, 4) is 0 Å². The van der Waals surface area contributed by atoms with E-state index in [1.165, 1.54) is 18.5 Å². The first kappa shape index (κ1) is 13.3. The maximum atomic E-state index is 4.52. The molecule has 0 bridgehead atoms. The van der Waals surface area contributed by atoms with Gasteiger partial charge in [0.2, 0.25) is 0 Å². The summed E-state index contributed by atoms with van der Waals surface area (Å²) in [5.41, 5.74) is 1.28. The lowest BCUT2D eigenvalue weighted by atomic mass is 10.0. The third-order valence-electron chi connectivity index (χ3n) is 4.10. The predicted molar refractivity (Wildman–Crippen MR) is 76.2 cm³/mol. The molecular formula is C14H22N6. The summed E-state index contributed by atoms with van der Waals surface area (Å²) >= 11 is 0. The highest BCUT2D eigenvalue weighted by molar-refractivity contribution is 5.02. The van der Waals surface area contributed by atoms with Gasteiger partial charge in [0.25, 0.3) is 0 Å². The van der Waals surface area contributed by atoms with E-state index in [0.717, 1.165) is 37.6 Å². The minimum Gasteiger partial charge on any atom is -0.293 e. The summed E-state index contributed by atoms with van der Waals surface area (Å²) < 4.78 is 1.95. The van der Waals surface area contributed by atoms with E-state index in [1.807, 2.05) is 24.9 Å². The number of piperidine rings is 1. The van der Waals surface area contributed by atoms with Gasteiger partial charge in [0, 0.05) is 31.9 Å². The van der Waals surface area contributed by atoms with Gasteiger partial charge in [-0.25, -0.2) is 4.98 Å². The maximum Gasteiger partial charge on any atom is 0.167 e. The van der Waals surface area contributed by atoms with Crippen molar-refractivity contribution in [3.63, 3.8) is 0 Å². The second-order valence-electron chi connectivity index (χ2n) is 5.52. The Bertz CT molecular complexity index is 558. The second-order valence-corrected chi connectivity index (χ2v) is 5.52. The largest absolute Gasteiger partial charge is 0.293 e. The Morgan fingerprint density at radius 2 is 2.30 bits per heavy atom. The van der Waals surface area contributed by atoms with E-state index in [0.29, 0.717) is 6.04 Å². The molecule has 1 N–H and O–H groups in total. The van der Waals surface area contributed by atoms with E-state index in [-0.39, 0.29) is 0 Å². The van der Waals surface area contributed by atoms with Gasteiger partial charge in [0.1, 0.15) is 5.82 Å². The van der Waals surface area contributed by atoms with Gasteiger partial charge in [-0.1, -0.05) is 6.42 Å². The molecule has 3 rings (SSSR count). The van der Waals surface area contributed by atoms with Crippen LogP contribution < -0.4 is 0 Å². The number of aromatic nitrogens is 5. The van der Waals surface area contributed by atoms with Gasteiger partial charge in [-0.2, -0.15) is 10.2 Å². The van der Waals surface area contributed by atoms with Crippen LogP contribution in [0.2, 0.25) is 0 Å². The summed E-state index contributed by atoms with van der Waals surface area (Å²) in [6.45, 7) is 4.13. The van der Waals surface area contributed by atoms with Crippen LogP contribution in [0.25, 0.3) is 0 Å². The van der Waals surface area contributed by atoms with Crippen molar-refractivity contribution >= 4 is 0 Å². The first-order valence-corrected chi connectivity index (χ1v) is 7.34. The van der Waals surface area contributed by atoms with Gasteiger partial charge >= 0.3 is 0 Å². The van der Waals surface area contributed by atoms with Crippen LogP contribution >= 0.6 is 0 Å². The fraction of sp³-hybridized carbons (Fsp3) is 0.643. The maximum absolute atomic E-state index is 4.52. The van der Waals surface area contributed by atoms with Gasteiger partial charge < -0.3 is 0 Å². The normalized spacial score (nSPS) is 20.4. The third-order valence-corrected chi connectivity index (χ3v) is 4.10. The Labute approximate surface area is 119 Å². The topological polar surface area (TPSA) is 62.6 Å². The van der Waals surface area contributed by atoms with Crippen molar-refractivity contribution in [1.29, 1.82) is 0 Å². The van der Waals surface area contributed by atoms with Crippen LogP contribution in [0, 0.1) is 6.92 Å². The first-order chi connectivity index (χ1) is 9.74. The second kappa shape index (κ2) is 5.75. The molecule has 3 heterocycles. The van der Waals surface area contributed by atoms with Crippen molar-refractivity contribution in [2.75, 3.05) is 13.1 Å². The van der Waals surface area contributed by atoms with E-state index in [4.69, 9.17) is 0 Å². The van der Waals surface area contributed by atoms with E-state index in [1.54, 1.807) is 0 Å². The lowest BCUT2D eigenvalue weighted by Crippen LogP contribution is -2.35. The smallest absolute Gasteiger partial charge is 0.167 e.